The lowest BCUT2D eigenvalue weighted by Crippen LogP contribution is -2.38. The van der Waals surface area contributed by atoms with Crippen molar-refractivity contribution >= 4 is 25.7 Å². The van der Waals surface area contributed by atoms with Crippen LogP contribution in [-0.2, 0) is 20.0 Å². The highest BCUT2D eigenvalue weighted by Gasteiger charge is 2.25. The van der Waals surface area contributed by atoms with Crippen LogP contribution in [0.25, 0.3) is 0 Å². The first-order valence-electron chi connectivity index (χ1n) is 7.49. The van der Waals surface area contributed by atoms with Crippen molar-refractivity contribution in [2.45, 2.75) is 25.7 Å². The molecule has 1 aromatic heterocycles. The summed E-state index contributed by atoms with van der Waals surface area (Å²) in [5.41, 5.74) is 1.73. The Hall–Kier alpha value is -1.91. The van der Waals surface area contributed by atoms with E-state index in [4.69, 9.17) is 4.52 Å². The Morgan fingerprint density at radius 1 is 1.08 bits per heavy atom. The lowest BCUT2D eigenvalue weighted by atomic mass is 10.2. The molecule has 10 heteroatoms. The second kappa shape index (κ2) is 7.14. The summed E-state index contributed by atoms with van der Waals surface area (Å²) in [5, 5.41) is 3.62. The molecule has 0 saturated heterocycles. The first kappa shape index (κ1) is 19.4. The second-order valence-corrected chi connectivity index (χ2v) is 9.33. The van der Waals surface area contributed by atoms with Gasteiger partial charge in [0.15, 0.2) is 5.76 Å². The minimum Gasteiger partial charge on any atom is -0.360 e. The van der Waals surface area contributed by atoms with E-state index in [-0.39, 0.29) is 29.4 Å². The third kappa shape index (κ3) is 4.59. The maximum atomic E-state index is 12.4. The summed E-state index contributed by atoms with van der Waals surface area (Å²) in [6.45, 7) is 4.80. The molecule has 2 aromatic rings. The average molecular weight is 387 g/mol. The van der Waals surface area contributed by atoms with Crippen LogP contribution in [0.4, 0.5) is 5.69 Å². The summed E-state index contributed by atoms with van der Waals surface area (Å²) in [6.07, 6.45) is 1.08. The van der Waals surface area contributed by atoms with Crippen LogP contribution in [0.1, 0.15) is 17.0 Å². The maximum absolute atomic E-state index is 12.4. The Morgan fingerprint density at radius 3 is 2.16 bits per heavy atom. The average Bonchev–Trinajstić information content (AvgIpc) is 2.83. The summed E-state index contributed by atoms with van der Waals surface area (Å²) in [4.78, 5) is -0.0197. The smallest absolute Gasteiger partial charge is 0.246 e. The maximum Gasteiger partial charge on any atom is 0.246 e. The zero-order valence-electron chi connectivity index (χ0n) is 14.5. The van der Waals surface area contributed by atoms with E-state index in [9.17, 15) is 16.8 Å². The highest BCUT2D eigenvalue weighted by atomic mass is 32.2. The van der Waals surface area contributed by atoms with Crippen LogP contribution in [0.15, 0.2) is 33.7 Å². The van der Waals surface area contributed by atoms with E-state index in [0.29, 0.717) is 5.69 Å². The fraction of sp³-hybridized carbons (Fsp3) is 0.400. The van der Waals surface area contributed by atoms with Crippen LogP contribution < -0.4 is 9.03 Å². The number of benzene rings is 1. The molecule has 8 nitrogen and oxygen atoms in total. The van der Waals surface area contributed by atoms with Crippen molar-refractivity contribution in [3.8, 4) is 0 Å². The highest BCUT2D eigenvalue weighted by molar-refractivity contribution is 7.92. The van der Waals surface area contributed by atoms with Gasteiger partial charge >= 0.3 is 0 Å². The molecule has 0 aliphatic carbocycles. The molecule has 138 valence electrons. The van der Waals surface area contributed by atoms with Crippen LogP contribution in [0.2, 0.25) is 0 Å². The molecule has 0 aliphatic heterocycles. The van der Waals surface area contributed by atoms with Gasteiger partial charge in [0.05, 0.1) is 11.9 Å². The van der Waals surface area contributed by atoms with Gasteiger partial charge in [0.2, 0.25) is 20.0 Å². The molecule has 0 aliphatic rings. The number of anilines is 1. The van der Waals surface area contributed by atoms with Crippen molar-refractivity contribution in [3.63, 3.8) is 0 Å². The Kier molecular flexibility index (Phi) is 5.55. The van der Waals surface area contributed by atoms with Crippen molar-refractivity contribution in [1.82, 2.24) is 9.88 Å². The largest absolute Gasteiger partial charge is 0.360 e. The van der Waals surface area contributed by atoms with Gasteiger partial charge < -0.3 is 4.52 Å². The quantitative estimate of drug-likeness (QED) is 0.768. The molecule has 0 fully saturated rings. The van der Waals surface area contributed by atoms with E-state index >= 15 is 0 Å². The number of hydrogen-bond donors (Lipinski definition) is 1. The van der Waals surface area contributed by atoms with Gasteiger partial charge in [-0.05, 0) is 32.9 Å². The molecule has 2 rings (SSSR count). The van der Waals surface area contributed by atoms with Gasteiger partial charge in [-0.3, -0.25) is 4.31 Å². The van der Waals surface area contributed by atoms with Crippen molar-refractivity contribution in [2.24, 2.45) is 0 Å². The Labute approximate surface area is 147 Å². The van der Waals surface area contributed by atoms with Crippen LogP contribution >= 0.6 is 0 Å². The van der Waals surface area contributed by atoms with Gasteiger partial charge in [0.25, 0.3) is 0 Å². The van der Waals surface area contributed by atoms with Gasteiger partial charge in [-0.2, -0.15) is 0 Å². The fourth-order valence-corrected chi connectivity index (χ4v) is 4.68. The van der Waals surface area contributed by atoms with E-state index in [1.807, 2.05) is 6.92 Å². The Bertz CT molecular complexity index is 928. The molecule has 0 spiro atoms. The zero-order valence-corrected chi connectivity index (χ0v) is 16.1. The van der Waals surface area contributed by atoms with Crippen molar-refractivity contribution in [3.05, 3.63) is 41.3 Å². The standard InChI is InChI=1S/C15H21N3O5S2/c1-11-5-7-14(8-6-11)18(24(4,19)20)10-9-16-25(21,22)15-12(2)17-23-13(15)3/h5-8,16H,9-10H2,1-4H3. The topological polar surface area (TPSA) is 110 Å². The summed E-state index contributed by atoms with van der Waals surface area (Å²) >= 11 is 0. The number of sulfonamides is 2. The normalized spacial score (nSPS) is 12.3. The number of hydrogen-bond acceptors (Lipinski definition) is 6. The van der Waals surface area contributed by atoms with E-state index < -0.39 is 20.0 Å². The van der Waals surface area contributed by atoms with Gasteiger partial charge in [-0.25, -0.2) is 21.6 Å². The molecule has 1 N–H and O–H groups in total. The summed E-state index contributed by atoms with van der Waals surface area (Å²) in [5.74, 6) is 0.184. The monoisotopic (exact) mass is 387 g/mol. The number of nitrogens with zero attached hydrogens (tertiary/aromatic N) is 2. The number of rotatable bonds is 7. The number of aromatic nitrogens is 1. The fourth-order valence-electron chi connectivity index (χ4n) is 2.41. The van der Waals surface area contributed by atoms with Crippen LogP contribution in [0, 0.1) is 20.8 Å². The molecule has 0 saturated carbocycles. The first-order valence-corrected chi connectivity index (χ1v) is 10.8. The molecular weight excluding hydrogens is 366 g/mol. The lowest BCUT2D eigenvalue weighted by Gasteiger charge is -2.22. The SMILES string of the molecule is Cc1ccc(N(CCNS(=O)(=O)c2c(C)noc2C)S(C)(=O)=O)cc1. The molecule has 1 aromatic carbocycles. The van der Waals surface area contributed by atoms with Gasteiger partial charge in [0.1, 0.15) is 10.6 Å². The second-order valence-electron chi connectivity index (χ2n) is 5.72. The molecule has 25 heavy (non-hydrogen) atoms. The van der Waals surface area contributed by atoms with Crippen LogP contribution in [0.5, 0.6) is 0 Å². The van der Waals surface area contributed by atoms with E-state index in [2.05, 4.69) is 9.88 Å². The van der Waals surface area contributed by atoms with E-state index in [1.165, 1.54) is 13.8 Å². The van der Waals surface area contributed by atoms with Crippen LogP contribution in [0.3, 0.4) is 0 Å². The summed E-state index contributed by atoms with van der Waals surface area (Å²) < 4.78 is 57.2. The third-order valence-corrected chi connectivity index (χ3v) is 6.46. The molecule has 0 unspecified atom stereocenters. The van der Waals surface area contributed by atoms with Crippen molar-refractivity contribution in [2.75, 3.05) is 23.7 Å². The molecule has 0 amide bonds. The van der Waals surface area contributed by atoms with E-state index in [0.717, 1.165) is 16.1 Å². The van der Waals surface area contributed by atoms with E-state index in [1.54, 1.807) is 24.3 Å². The Morgan fingerprint density at radius 2 is 1.68 bits per heavy atom. The first-order chi connectivity index (χ1) is 11.5. The number of aryl methyl sites for hydroxylation is 3. The minimum atomic E-state index is -3.84. The minimum absolute atomic E-state index is 0.0197. The Balaban J connectivity index is 2.16. The summed E-state index contributed by atoms with van der Waals surface area (Å²) in [6, 6.07) is 6.95. The number of nitrogens with one attached hydrogen (secondary N) is 1. The van der Waals surface area contributed by atoms with Crippen molar-refractivity contribution < 1.29 is 21.4 Å². The predicted molar refractivity (Wildman–Crippen MR) is 94.5 cm³/mol. The third-order valence-electron chi connectivity index (χ3n) is 3.57. The molecule has 0 radical (unpaired) electrons. The molecular formula is C15H21N3O5S2. The predicted octanol–water partition coefficient (Wildman–Crippen LogP) is 1.34. The van der Waals surface area contributed by atoms with Gasteiger partial charge in [-0.15, -0.1) is 0 Å². The lowest BCUT2D eigenvalue weighted by molar-refractivity contribution is 0.390. The molecule has 1 heterocycles. The van der Waals surface area contributed by atoms with Crippen molar-refractivity contribution in [1.29, 1.82) is 0 Å². The molecule has 0 atom stereocenters. The molecule has 0 bridgehead atoms. The highest BCUT2D eigenvalue weighted by Crippen LogP contribution is 2.20. The zero-order chi connectivity index (χ0) is 18.8. The van der Waals surface area contributed by atoms with Gasteiger partial charge in [-0.1, -0.05) is 22.9 Å². The summed E-state index contributed by atoms with van der Waals surface area (Å²) in [7, 11) is -7.39. The van der Waals surface area contributed by atoms with Gasteiger partial charge in [0, 0.05) is 13.1 Å². The van der Waals surface area contributed by atoms with Crippen LogP contribution in [-0.4, -0.2) is 41.3 Å².